The Balaban J connectivity index is 1.47. The van der Waals surface area contributed by atoms with Crippen molar-refractivity contribution < 1.29 is 5.11 Å². The number of aromatic amines is 1. The van der Waals surface area contributed by atoms with Crippen molar-refractivity contribution in [3.05, 3.63) is 72.1 Å². The molecule has 0 aliphatic carbocycles. The second-order valence-corrected chi connectivity index (χ2v) is 6.21. The highest BCUT2D eigenvalue weighted by molar-refractivity contribution is 5.63. The number of nitrogens with one attached hydrogen (secondary N) is 3. The molecule has 8 heteroatoms. The first-order valence-corrected chi connectivity index (χ1v) is 8.45. The maximum Gasteiger partial charge on any atom is 0.153 e. The summed E-state index contributed by atoms with van der Waals surface area (Å²) in [6.07, 6.45) is 5.03. The molecule has 0 amide bonds. The zero-order valence-corrected chi connectivity index (χ0v) is 14.4. The molecule has 4 N–H and O–H groups in total. The van der Waals surface area contributed by atoms with Crippen molar-refractivity contribution in [1.82, 2.24) is 30.2 Å². The smallest absolute Gasteiger partial charge is 0.153 e. The number of hydrogen-bond donors (Lipinski definition) is 4. The first-order chi connectivity index (χ1) is 12.7. The van der Waals surface area contributed by atoms with Crippen molar-refractivity contribution in [3.63, 3.8) is 0 Å². The molecule has 3 aromatic rings. The fourth-order valence-electron chi connectivity index (χ4n) is 2.88. The number of fused-ring (bicyclic) bond motifs is 1. The Morgan fingerprint density at radius 3 is 2.92 bits per heavy atom. The molecule has 26 heavy (non-hydrogen) atoms. The molecule has 0 bridgehead atoms. The number of rotatable bonds is 6. The zero-order valence-electron chi connectivity index (χ0n) is 14.4. The molecule has 1 aliphatic rings. The van der Waals surface area contributed by atoms with E-state index in [1.54, 1.807) is 6.20 Å². The van der Waals surface area contributed by atoms with Gasteiger partial charge in [0.15, 0.2) is 5.82 Å². The fourth-order valence-corrected chi connectivity index (χ4v) is 2.88. The average molecular weight is 351 g/mol. The summed E-state index contributed by atoms with van der Waals surface area (Å²) < 4.78 is 1.98. The standard InChI is InChI=1S/C18H21N7O/c1-13-9-16(23-22-13)21-18-12-24(11-17-19-7-8-25(17)18)20-10-15(26)14-5-3-2-4-6-14/h2-9,12,15,20,26H,10-11H2,1H3,(H2,21,22,23)/t15-/m1/s1. The van der Waals surface area contributed by atoms with Crippen LogP contribution in [0.15, 0.2) is 55.0 Å². The van der Waals surface area contributed by atoms with Gasteiger partial charge in [-0.05, 0) is 12.5 Å². The summed E-state index contributed by atoms with van der Waals surface area (Å²) in [5.74, 6) is 2.46. The number of nitrogens with zero attached hydrogens (tertiary/aromatic N) is 4. The monoisotopic (exact) mass is 351 g/mol. The number of benzene rings is 1. The highest BCUT2D eigenvalue weighted by Crippen LogP contribution is 2.20. The summed E-state index contributed by atoms with van der Waals surface area (Å²) in [7, 11) is 0. The lowest BCUT2D eigenvalue weighted by Crippen LogP contribution is -2.39. The minimum atomic E-state index is -0.586. The Kier molecular flexibility index (Phi) is 4.42. The van der Waals surface area contributed by atoms with Gasteiger partial charge in [-0.25, -0.2) is 10.4 Å². The average Bonchev–Trinajstić information content (AvgIpc) is 3.29. The van der Waals surface area contributed by atoms with Crippen LogP contribution in [0.25, 0.3) is 5.82 Å². The summed E-state index contributed by atoms with van der Waals surface area (Å²) in [6, 6.07) is 11.5. The molecule has 0 fully saturated rings. The maximum atomic E-state index is 10.3. The van der Waals surface area contributed by atoms with Crippen molar-refractivity contribution in [1.29, 1.82) is 0 Å². The SMILES string of the molecule is Cc1cc(NC2=CN(NC[C@@H](O)c3ccccc3)Cc3nccn32)n[nH]1. The van der Waals surface area contributed by atoms with E-state index in [1.807, 2.05) is 65.3 Å². The Labute approximate surface area is 151 Å². The highest BCUT2D eigenvalue weighted by Gasteiger charge is 2.19. The molecule has 0 unspecified atom stereocenters. The van der Waals surface area contributed by atoms with Crippen LogP contribution < -0.4 is 10.7 Å². The molecule has 4 rings (SSSR count). The van der Waals surface area contributed by atoms with Gasteiger partial charge in [0.05, 0.1) is 18.8 Å². The molecule has 2 aromatic heterocycles. The molecule has 8 nitrogen and oxygen atoms in total. The predicted octanol–water partition coefficient (Wildman–Crippen LogP) is 1.84. The molecule has 134 valence electrons. The van der Waals surface area contributed by atoms with Crippen LogP contribution in [0, 0.1) is 6.92 Å². The second kappa shape index (κ2) is 7.03. The normalized spacial score (nSPS) is 14.7. The Morgan fingerprint density at radius 1 is 1.31 bits per heavy atom. The van der Waals surface area contributed by atoms with Crippen molar-refractivity contribution in [2.45, 2.75) is 19.6 Å². The van der Waals surface area contributed by atoms with Gasteiger partial charge in [-0.2, -0.15) is 5.10 Å². The third kappa shape index (κ3) is 3.46. The number of hydrogen-bond acceptors (Lipinski definition) is 6. The zero-order chi connectivity index (χ0) is 17.9. The summed E-state index contributed by atoms with van der Waals surface area (Å²) in [5.41, 5.74) is 5.12. The van der Waals surface area contributed by atoms with E-state index in [-0.39, 0.29) is 0 Å². The van der Waals surface area contributed by atoms with Gasteiger partial charge < -0.3 is 15.4 Å². The van der Waals surface area contributed by atoms with E-state index < -0.39 is 6.10 Å². The van der Waals surface area contributed by atoms with Gasteiger partial charge in [0.1, 0.15) is 11.6 Å². The van der Waals surface area contributed by atoms with E-state index in [2.05, 4.69) is 25.9 Å². The molecule has 3 heterocycles. The van der Waals surface area contributed by atoms with E-state index in [0.29, 0.717) is 13.1 Å². The Bertz CT molecular complexity index is 899. The molecular weight excluding hydrogens is 330 g/mol. The van der Waals surface area contributed by atoms with E-state index in [1.165, 1.54) is 0 Å². The minimum absolute atomic E-state index is 0.399. The summed E-state index contributed by atoms with van der Waals surface area (Å²) in [5, 5.41) is 22.7. The molecule has 0 spiro atoms. The quantitative estimate of drug-likeness (QED) is 0.541. The van der Waals surface area contributed by atoms with Crippen LogP contribution in [0.3, 0.4) is 0 Å². The molecule has 0 radical (unpaired) electrons. The lowest BCUT2D eigenvalue weighted by Gasteiger charge is -2.29. The van der Waals surface area contributed by atoms with Crippen molar-refractivity contribution in [2.24, 2.45) is 0 Å². The highest BCUT2D eigenvalue weighted by atomic mass is 16.3. The van der Waals surface area contributed by atoms with E-state index in [0.717, 1.165) is 28.7 Å². The molecular formula is C18H21N7O. The number of anilines is 1. The molecule has 1 aromatic carbocycles. The first-order valence-electron chi connectivity index (χ1n) is 8.45. The van der Waals surface area contributed by atoms with Crippen molar-refractivity contribution >= 4 is 11.6 Å². The van der Waals surface area contributed by atoms with Gasteiger partial charge in [0, 0.05) is 30.7 Å². The largest absolute Gasteiger partial charge is 0.387 e. The molecule has 0 saturated heterocycles. The third-order valence-electron chi connectivity index (χ3n) is 4.20. The van der Waals surface area contributed by atoms with Gasteiger partial charge in [-0.15, -0.1) is 0 Å². The van der Waals surface area contributed by atoms with Crippen LogP contribution in [0.1, 0.15) is 23.2 Å². The van der Waals surface area contributed by atoms with Crippen molar-refractivity contribution in [3.8, 4) is 0 Å². The summed E-state index contributed by atoms with van der Waals surface area (Å²) in [6.45, 7) is 2.95. The summed E-state index contributed by atoms with van der Waals surface area (Å²) in [4.78, 5) is 4.40. The van der Waals surface area contributed by atoms with Gasteiger partial charge in [-0.3, -0.25) is 9.67 Å². The number of imidazole rings is 1. The van der Waals surface area contributed by atoms with Crippen LogP contribution in [-0.2, 0) is 6.54 Å². The Hall–Kier alpha value is -3.10. The summed E-state index contributed by atoms with van der Waals surface area (Å²) >= 11 is 0. The van der Waals surface area contributed by atoms with Gasteiger partial charge >= 0.3 is 0 Å². The van der Waals surface area contributed by atoms with Crippen LogP contribution in [0.5, 0.6) is 0 Å². The topological polar surface area (TPSA) is 94.0 Å². The maximum absolute atomic E-state index is 10.3. The number of aliphatic hydroxyl groups excluding tert-OH is 1. The number of aromatic nitrogens is 4. The lowest BCUT2D eigenvalue weighted by molar-refractivity contribution is 0.133. The van der Waals surface area contributed by atoms with Crippen LogP contribution >= 0.6 is 0 Å². The van der Waals surface area contributed by atoms with E-state index in [4.69, 9.17) is 0 Å². The fraction of sp³-hybridized carbons (Fsp3) is 0.222. The van der Waals surface area contributed by atoms with E-state index in [9.17, 15) is 5.11 Å². The van der Waals surface area contributed by atoms with Gasteiger partial charge in [-0.1, -0.05) is 30.3 Å². The molecule has 0 saturated carbocycles. The third-order valence-corrected chi connectivity index (χ3v) is 4.20. The second-order valence-electron chi connectivity index (χ2n) is 6.21. The van der Waals surface area contributed by atoms with E-state index >= 15 is 0 Å². The number of aliphatic hydroxyl groups is 1. The predicted molar refractivity (Wildman–Crippen MR) is 98.4 cm³/mol. The first kappa shape index (κ1) is 16.4. The molecule has 1 atom stereocenters. The van der Waals surface area contributed by atoms with Crippen LogP contribution in [0.2, 0.25) is 0 Å². The molecule has 1 aliphatic heterocycles. The number of aryl methyl sites for hydroxylation is 1. The number of H-pyrrole nitrogens is 1. The minimum Gasteiger partial charge on any atom is -0.387 e. The lowest BCUT2D eigenvalue weighted by atomic mass is 10.1. The van der Waals surface area contributed by atoms with Crippen molar-refractivity contribution in [2.75, 3.05) is 11.9 Å². The Morgan fingerprint density at radius 2 is 2.15 bits per heavy atom. The number of hydrazine groups is 1. The van der Waals surface area contributed by atoms with Crippen LogP contribution in [-0.4, -0.2) is 36.4 Å². The van der Waals surface area contributed by atoms with Crippen LogP contribution in [0.4, 0.5) is 5.82 Å². The van der Waals surface area contributed by atoms with Gasteiger partial charge in [0.25, 0.3) is 0 Å². The van der Waals surface area contributed by atoms with Gasteiger partial charge in [0.2, 0.25) is 0 Å².